The van der Waals surface area contributed by atoms with Crippen LogP contribution < -0.4 is 4.47 Å². The topological polar surface area (TPSA) is 43.7 Å². The fraction of sp³-hybridized carbons (Fsp3) is 0.143. The second kappa shape index (κ2) is 3.61. The van der Waals surface area contributed by atoms with Crippen LogP contribution in [-0.4, -0.2) is 9.76 Å². The summed E-state index contributed by atoms with van der Waals surface area (Å²) in [5.41, 5.74) is 1.67. The van der Waals surface area contributed by atoms with Crippen molar-refractivity contribution in [3.05, 3.63) is 29.8 Å². The zero-order valence-electron chi connectivity index (χ0n) is 6.06. The van der Waals surface area contributed by atoms with Crippen molar-refractivity contribution in [2.75, 3.05) is 4.47 Å². The third-order valence-electron chi connectivity index (χ3n) is 1.33. The Balaban J connectivity index is 2.81. The summed E-state index contributed by atoms with van der Waals surface area (Å²) in [6, 6.07) is 7.15. The molecule has 2 N–H and O–H groups in total. The predicted molar refractivity (Wildman–Crippen MR) is 45.7 cm³/mol. The van der Waals surface area contributed by atoms with Crippen LogP contribution in [0.15, 0.2) is 24.3 Å². The van der Waals surface area contributed by atoms with Crippen LogP contribution in [0, 0.1) is 6.92 Å². The minimum atomic E-state index is 0.273. The van der Waals surface area contributed by atoms with Crippen LogP contribution in [0.5, 0.6) is 0 Å². The molecule has 1 aromatic rings. The van der Waals surface area contributed by atoms with E-state index in [1.54, 1.807) is 12.1 Å². The number of hydrogen-bond donors (Lipinski definition) is 2. The van der Waals surface area contributed by atoms with Crippen LogP contribution in [0.3, 0.4) is 0 Å². The van der Waals surface area contributed by atoms with Crippen LogP contribution in [0.25, 0.3) is 0 Å². The summed E-state index contributed by atoms with van der Waals surface area (Å²) < 4.78 is 9.14. The first-order valence-electron chi connectivity index (χ1n) is 3.11. The molecular weight excluding hydrogens is 162 g/mol. The van der Waals surface area contributed by atoms with Crippen LogP contribution in [-0.2, 0) is 0 Å². The largest absolute Gasteiger partial charge is 0.311 e. The molecule has 1 rings (SSSR count). The molecule has 0 amide bonds. The van der Waals surface area contributed by atoms with E-state index in [9.17, 15) is 0 Å². The minimum Gasteiger partial charge on any atom is -0.311 e. The molecule has 0 aliphatic carbocycles. The molecule has 0 aliphatic heterocycles. The van der Waals surface area contributed by atoms with Gasteiger partial charge in [0.2, 0.25) is 0 Å². The Morgan fingerprint density at radius 1 is 1.27 bits per heavy atom. The lowest BCUT2D eigenvalue weighted by atomic mass is 10.2. The van der Waals surface area contributed by atoms with E-state index in [-0.39, 0.29) is 12.2 Å². The molecule has 0 bridgehead atoms. The van der Waals surface area contributed by atoms with Gasteiger partial charge in [0.1, 0.15) is 12.2 Å². The van der Waals surface area contributed by atoms with Crippen LogP contribution >= 0.6 is 12.2 Å². The summed E-state index contributed by atoms with van der Waals surface area (Å²) in [5.74, 6) is 0. The molecule has 0 fully saturated rings. The fourth-order valence-corrected chi connectivity index (χ4v) is 0.935. The molecule has 0 atom stereocenters. The van der Waals surface area contributed by atoms with Gasteiger partial charge in [0, 0.05) is 0 Å². The van der Waals surface area contributed by atoms with E-state index < -0.39 is 0 Å². The lowest BCUT2D eigenvalue weighted by molar-refractivity contribution is 0.324. The number of benzene rings is 1. The number of rotatable bonds is 2. The SMILES string of the molecule is Cc1ccc(N(O)SO)cc1. The van der Waals surface area contributed by atoms with Gasteiger partial charge in [0.05, 0.1) is 5.69 Å². The van der Waals surface area contributed by atoms with Crippen molar-refractivity contribution < 1.29 is 9.76 Å². The van der Waals surface area contributed by atoms with Crippen molar-refractivity contribution in [1.29, 1.82) is 0 Å². The Morgan fingerprint density at radius 3 is 2.27 bits per heavy atom. The van der Waals surface area contributed by atoms with E-state index in [0.29, 0.717) is 10.2 Å². The van der Waals surface area contributed by atoms with Crippen molar-refractivity contribution in [3.63, 3.8) is 0 Å². The van der Waals surface area contributed by atoms with Gasteiger partial charge in [-0.05, 0) is 19.1 Å². The molecule has 4 heteroatoms. The highest BCUT2D eigenvalue weighted by Gasteiger charge is 1.99. The van der Waals surface area contributed by atoms with Gasteiger partial charge in [-0.3, -0.25) is 5.21 Å². The second-order valence-electron chi connectivity index (χ2n) is 2.19. The first-order chi connectivity index (χ1) is 5.24. The van der Waals surface area contributed by atoms with Crippen molar-refractivity contribution in [3.8, 4) is 0 Å². The van der Waals surface area contributed by atoms with Crippen molar-refractivity contribution >= 4 is 17.9 Å². The van der Waals surface area contributed by atoms with Crippen molar-refractivity contribution in [2.45, 2.75) is 6.92 Å². The zero-order valence-corrected chi connectivity index (χ0v) is 6.88. The van der Waals surface area contributed by atoms with Crippen LogP contribution in [0.4, 0.5) is 5.69 Å². The first kappa shape index (κ1) is 8.39. The first-order valence-corrected chi connectivity index (χ1v) is 3.84. The summed E-state index contributed by atoms with van der Waals surface area (Å²) in [4.78, 5) is 0. The molecular formula is C7H9NO2S. The van der Waals surface area contributed by atoms with Gasteiger partial charge in [0.25, 0.3) is 0 Å². The van der Waals surface area contributed by atoms with E-state index in [1.807, 2.05) is 19.1 Å². The van der Waals surface area contributed by atoms with Gasteiger partial charge in [-0.1, -0.05) is 17.7 Å². The standard InChI is InChI=1S/C7H9NO2S/c1-6-2-4-7(5-3-6)8(9)11-10/h2-5,9-10H,1H3. The van der Waals surface area contributed by atoms with E-state index in [0.717, 1.165) is 5.56 Å². The maximum absolute atomic E-state index is 8.97. The summed E-state index contributed by atoms with van der Waals surface area (Å²) in [7, 11) is 0. The maximum atomic E-state index is 8.97. The molecule has 0 unspecified atom stereocenters. The lowest BCUT2D eigenvalue weighted by Crippen LogP contribution is -2.05. The highest BCUT2D eigenvalue weighted by atomic mass is 32.2. The average molecular weight is 171 g/mol. The third kappa shape index (κ3) is 2.11. The van der Waals surface area contributed by atoms with Gasteiger partial charge in [-0.2, -0.15) is 4.47 Å². The number of aryl methyl sites for hydroxylation is 1. The molecule has 0 spiro atoms. The summed E-state index contributed by atoms with van der Waals surface area (Å²) in [5, 5.41) is 8.97. The van der Waals surface area contributed by atoms with Gasteiger partial charge < -0.3 is 4.55 Å². The van der Waals surface area contributed by atoms with Gasteiger partial charge in [-0.15, -0.1) is 0 Å². The molecule has 0 aliphatic rings. The highest BCUT2D eigenvalue weighted by molar-refractivity contribution is 7.94. The highest BCUT2D eigenvalue weighted by Crippen LogP contribution is 2.17. The van der Waals surface area contributed by atoms with E-state index in [2.05, 4.69) is 0 Å². The minimum absolute atomic E-state index is 0.273. The molecule has 0 saturated carbocycles. The van der Waals surface area contributed by atoms with Gasteiger partial charge >= 0.3 is 0 Å². The Hall–Kier alpha value is -0.710. The van der Waals surface area contributed by atoms with E-state index >= 15 is 0 Å². The normalized spacial score (nSPS) is 9.73. The molecule has 1 aromatic carbocycles. The summed E-state index contributed by atoms with van der Waals surface area (Å²) in [6.07, 6.45) is 0. The number of hydrogen-bond acceptors (Lipinski definition) is 4. The molecule has 60 valence electrons. The Morgan fingerprint density at radius 2 is 1.82 bits per heavy atom. The monoisotopic (exact) mass is 171 g/mol. The fourth-order valence-electron chi connectivity index (χ4n) is 0.719. The van der Waals surface area contributed by atoms with E-state index in [4.69, 9.17) is 9.76 Å². The van der Waals surface area contributed by atoms with Gasteiger partial charge in [-0.25, -0.2) is 0 Å². The lowest BCUT2D eigenvalue weighted by Gasteiger charge is -2.10. The Bertz CT molecular complexity index is 224. The molecule has 0 heterocycles. The molecule has 3 nitrogen and oxygen atoms in total. The molecule has 0 radical (unpaired) electrons. The number of nitrogens with zero attached hydrogens (tertiary/aromatic N) is 1. The van der Waals surface area contributed by atoms with Crippen LogP contribution in [0.1, 0.15) is 5.56 Å². The van der Waals surface area contributed by atoms with Gasteiger partial charge in [0.15, 0.2) is 0 Å². The predicted octanol–water partition coefficient (Wildman–Crippen LogP) is 2.31. The van der Waals surface area contributed by atoms with Crippen molar-refractivity contribution in [1.82, 2.24) is 0 Å². The summed E-state index contributed by atoms with van der Waals surface area (Å²) in [6.45, 7) is 1.96. The smallest absolute Gasteiger partial charge is 0.138 e. The van der Waals surface area contributed by atoms with E-state index in [1.165, 1.54) is 0 Å². The third-order valence-corrected chi connectivity index (χ3v) is 1.70. The quantitative estimate of drug-likeness (QED) is 0.407. The van der Waals surface area contributed by atoms with Crippen LogP contribution in [0.2, 0.25) is 0 Å². The number of anilines is 1. The Kier molecular flexibility index (Phi) is 2.76. The second-order valence-corrected chi connectivity index (χ2v) is 2.70. The molecule has 0 aromatic heterocycles. The summed E-state index contributed by atoms with van der Waals surface area (Å²) >= 11 is 0.273. The molecule has 0 saturated heterocycles. The average Bonchev–Trinajstić information content (AvgIpc) is 2.05. The van der Waals surface area contributed by atoms with Crippen molar-refractivity contribution in [2.24, 2.45) is 0 Å². The Labute approximate surface area is 69.6 Å². The molecule has 11 heavy (non-hydrogen) atoms. The zero-order chi connectivity index (χ0) is 8.27. The maximum Gasteiger partial charge on any atom is 0.138 e.